The zero-order valence-corrected chi connectivity index (χ0v) is 9.09. The third-order valence-electron chi connectivity index (χ3n) is 1.72. The molecule has 0 radical (unpaired) electrons. The van der Waals surface area contributed by atoms with Crippen LogP contribution in [-0.2, 0) is 0 Å². The number of carbonyl (C=O) groups is 1. The summed E-state index contributed by atoms with van der Waals surface area (Å²) in [6, 6.07) is 1.75. The van der Waals surface area contributed by atoms with Gasteiger partial charge in [0.05, 0.1) is 12.4 Å². The molecule has 0 aliphatic carbocycles. The fourth-order valence-electron chi connectivity index (χ4n) is 1.01. The molecular formula is C9H10BrNO2. The van der Waals surface area contributed by atoms with Crippen molar-refractivity contribution in [3.05, 3.63) is 23.4 Å². The molecule has 0 N–H and O–H groups in total. The standard InChI is InChI=1S/C9H10BrNO2/c1-6-3-9(13-2)11-5-7(6)8(12)4-10/h3,5H,4H2,1-2H3. The number of ketones is 1. The average Bonchev–Trinajstić information content (AvgIpc) is 2.16. The maximum atomic E-state index is 11.3. The van der Waals surface area contributed by atoms with E-state index in [9.17, 15) is 4.79 Å². The monoisotopic (exact) mass is 243 g/mol. The Morgan fingerprint density at radius 1 is 1.69 bits per heavy atom. The van der Waals surface area contributed by atoms with E-state index in [4.69, 9.17) is 4.74 Å². The van der Waals surface area contributed by atoms with Crippen LogP contribution in [0.3, 0.4) is 0 Å². The number of hydrogen-bond donors (Lipinski definition) is 0. The first kappa shape index (κ1) is 10.2. The van der Waals surface area contributed by atoms with Gasteiger partial charge in [-0.15, -0.1) is 0 Å². The van der Waals surface area contributed by atoms with Gasteiger partial charge in [0, 0.05) is 17.8 Å². The smallest absolute Gasteiger partial charge is 0.213 e. The first-order valence-corrected chi connectivity index (χ1v) is 4.91. The largest absolute Gasteiger partial charge is 0.481 e. The summed E-state index contributed by atoms with van der Waals surface area (Å²) in [5.41, 5.74) is 1.52. The summed E-state index contributed by atoms with van der Waals surface area (Å²) in [5.74, 6) is 0.566. The van der Waals surface area contributed by atoms with E-state index in [1.165, 1.54) is 6.20 Å². The average molecular weight is 244 g/mol. The lowest BCUT2D eigenvalue weighted by molar-refractivity contribution is 0.102. The van der Waals surface area contributed by atoms with Crippen LogP contribution in [0.5, 0.6) is 5.88 Å². The van der Waals surface area contributed by atoms with Gasteiger partial charge in [0.2, 0.25) is 5.88 Å². The molecular weight excluding hydrogens is 234 g/mol. The van der Waals surface area contributed by atoms with Crippen molar-refractivity contribution in [1.82, 2.24) is 4.98 Å². The molecule has 3 nitrogen and oxygen atoms in total. The highest BCUT2D eigenvalue weighted by Gasteiger charge is 2.08. The lowest BCUT2D eigenvalue weighted by Gasteiger charge is -2.04. The molecule has 0 bridgehead atoms. The summed E-state index contributed by atoms with van der Waals surface area (Å²) >= 11 is 3.11. The van der Waals surface area contributed by atoms with Crippen LogP contribution in [0.15, 0.2) is 12.3 Å². The van der Waals surface area contributed by atoms with Crippen LogP contribution in [-0.4, -0.2) is 23.2 Å². The van der Waals surface area contributed by atoms with Gasteiger partial charge in [0.15, 0.2) is 5.78 Å². The summed E-state index contributed by atoms with van der Waals surface area (Å²) < 4.78 is 4.93. The molecule has 1 rings (SSSR count). The Morgan fingerprint density at radius 2 is 2.38 bits per heavy atom. The predicted molar refractivity (Wildman–Crippen MR) is 53.7 cm³/mol. The molecule has 1 aromatic heterocycles. The highest BCUT2D eigenvalue weighted by molar-refractivity contribution is 9.09. The van der Waals surface area contributed by atoms with Crippen molar-refractivity contribution >= 4 is 21.7 Å². The Morgan fingerprint density at radius 3 is 2.85 bits per heavy atom. The minimum Gasteiger partial charge on any atom is -0.481 e. The fourth-order valence-corrected chi connectivity index (χ4v) is 1.31. The Labute approximate surface area is 85.3 Å². The number of aromatic nitrogens is 1. The van der Waals surface area contributed by atoms with E-state index in [-0.39, 0.29) is 5.78 Å². The summed E-state index contributed by atoms with van der Waals surface area (Å²) in [6.07, 6.45) is 1.54. The number of nitrogens with zero attached hydrogens (tertiary/aromatic N) is 1. The van der Waals surface area contributed by atoms with Crippen molar-refractivity contribution in [2.45, 2.75) is 6.92 Å². The van der Waals surface area contributed by atoms with Crippen molar-refractivity contribution < 1.29 is 9.53 Å². The van der Waals surface area contributed by atoms with Crippen molar-refractivity contribution in [3.63, 3.8) is 0 Å². The molecule has 0 unspecified atom stereocenters. The number of hydrogen-bond acceptors (Lipinski definition) is 3. The lowest BCUT2D eigenvalue weighted by atomic mass is 10.1. The molecule has 0 aliphatic heterocycles. The Balaban J connectivity index is 3.05. The molecule has 4 heteroatoms. The summed E-state index contributed by atoms with van der Waals surface area (Å²) in [4.78, 5) is 15.3. The maximum Gasteiger partial charge on any atom is 0.213 e. The molecule has 0 saturated carbocycles. The third-order valence-corrected chi connectivity index (χ3v) is 2.23. The normalized spacial score (nSPS) is 9.77. The molecule has 1 heterocycles. The van der Waals surface area contributed by atoms with Gasteiger partial charge in [0.1, 0.15) is 0 Å². The zero-order valence-electron chi connectivity index (χ0n) is 7.50. The Bertz CT molecular complexity index is 325. The minimum atomic E-state index is 0.0349. The van der Waals surface area contributed by atoms with Gasteiger partial charge in [-0.3, -0.25) is 4.79 Å². The highest BCUT2D eigenvalue weighted by atomic mass is 79.9. The number of rotatable bonds is 3. The number of alkyl halides is 1. The van der Waals surface area contributed by atoms with E-state index < -0.39 is 0 Å². The van der Waals surface area contributed by atoms with Crippen molar-refractivity contribution in [3.8, 4) is 5.88 Å². The van der Waals surface area contributed by atoms with Crippen LogP contribution < -0.4 is 4.74 Å². The molecule has 70 valence electrons. The number of Topliss-reactive ketones (excluding diaryl/α,β-unsaturated/α-hetero) is 1. The van der Waals surface area contributed by atoms with E-state index in [0.717, 1.165) is 5.56 Å². The molecule has 0 atom stereocenters. The third kappa shape index (κ3) is 2.28. The SMILES string of the molecule is COc1cc(C)c(C(=O)CBr)cn1. The van der Waals surface area contributed by atoms with Gasteiger partial charge >= 0.3 is 0 Å². The predicted octanol–water partition coefficient (Wildman–Crippen LogP) is 1.98. The second kappa shape index (κ2) is 4.37. The van der Waals surface area contributed by atoms with Gasteiger partial charge in [-0.1, -0.05) is 15.9 Å². The fraction of sp³-hybridized carbons (Fsp3) is 0.333. The summed E-state index contributed by atoms with van der Waals surface area (Å²) in [5, 5.41) is 0.321. The van der Waals surface area contributed by atoms with Crippen LogP contribution in [0, 0.1) is 6.92 Å². The van der Waals surface area contributed by atoms with Gasteiger partial charge in [-0.05, 0) is 12.5 Å². The van der Waals surface area contributed by atoms with Crippen LogP contribution in [0.25, 0.3) is 0 Å². The lowest BCUT2D eigenvalue weighted by Crippen LogP contribution is -2.04. The van der Waals surface area contributed by atoms with E-state index in [0.29, 0.717) is 16.8 Å². The Kier molecular flexibility index (Phi) is 3.42. The second-order valence-electron chi connectivity index (χ2n) is 2.60. The number of ether oxygens (including phenoxy) is 1. The first-order chi connectivity index (χ1) is 6.19. The number of carbonyl (C=O) groups excluding carboxylic acids is 1. The van der Waals surface area contributed by atoms with Crippen molar-refractivity contribution in [1.29, 1.82) is 0 Å². The van der Waals surface area contributed by atoms with E-state index in [1.807, 2.05) is 6.92 Å². The van der Waals surface area contributed by atoms with Crippen LogP contribution in [0.2, 0.25) is 0 Å². The number of methoxy groups -OCH3 is 1. The van der Waals surface area contributed by atoms with Crippen LogP contribution in [0.4, 0.5) is 0 Å². The molecule has 0 amide bonds. The zero-order chi connectivity index (χ0) is 9.84. The van der Waals surface area contributed by atoms with Gasteiger partial charge in [-0.2, -0.15) is 0 Å². The molecule has 0 aliphatic rings. The van der Waals surface area contributed by atoms with Crippen molar-refractivity contribution in [2.75, 3.05) is 12.4 Å². The molecule has 0 aromatic carbocycles. The molecule has 13 heavy (non-hydrogen) atoms. The Hall–Kier alpha value is -0.900. The summed E-state index contributed by atoms with van der Waals surface area (Å²) in [6.45, 7) is 1.86. The van der Waals surface area contributed by atoms with Gasteiger partial charge < -0.3 is 4.74 Å². The highest BCUT2D eigenvalue weighted by Crippen LogP contribution is 2.14. The first-order valence-electron chi connectivity index (χ1n) is 3.79. The van der Waals surface area contributed by atoms with Crippen LogP contribution in [0.1, 0.15) is 15.9 Å². The summed E-state index contributed by atoms with van der Waals surface area (Å²) in [7, 11) is 1.55. The number of halogens is 1. The van der Waals surface area contributed by atoms with Crippen LogP contribution >= 0.6 is 15.9 Å². The molecule has 0 spiro atoms. The quantitative estimate of drug-likeness (QED) is 0.602. The van der Waals surface area contributed by atoms with Gasteiger partial charge in [0.25, 0.3) is 0 Å². The minimum absolute atomic E-state index is 0.0349. The topological polar surface area (TPSA) is 39.2 Å². The molecule has 0 saturated heterocycles. The molecule has 1 aromatic rings. The number of aryl methyl sites for hydroxylation is 1. The van der Waals surface area contributed by atoms with Gasteiger partial charge in [-0.25, -0.2) is 4.98 Å². The molecule has 0 fully saturated rings. The maximum absolute atomic E-state index is 11.3. The van der Waals surface area contributed by atoms with E-state index >= 15 is 0 Å². The van der Waals surface area contributed by atoms with E-state index in [2.05, 4.69) is 20.9 Å². The van der Waals surface area contributed by atoms with E-state index in [1.54, 1.807) is 13.2 Å². The second-order valence-corrected chi connectivity index (χ2v) is 3.16. The number of pyridine rings is 1. The van der Waals surface area contributed by atoms with Crippen molar-refractivity contribution in [2.24, 2.45) is 0 Å².